The van der Waals surface area contributed by atoms with Crippen molar-refractivity contribution in [1.82, 2.24) is 0 Å². The SMILES string of the molecule is CC1C2CC3CC(C2)CC1(OC(=O)C(F)(F)F)C3. The van der Waals surface area contributed by atoms with Crippen LogP contribution in [0.2, 0.25) is 0 Å². The van der Waals surface area contributed by atoms with Crippen LogP contribution in [0.15, 0.2) is 0 Å². The first kappa shape index (κ1) is 12.3. The van der Waals surface area contributed by atoms with E-state index in [0.717, 1.165) is 19.3 Å². The van der Waals surface area contributed by atoms with Gasteiger partial charge in [-0.15, -0.1) is 0 Å². The molecule has 5 heteroatoms. The molecule has 0 spiro atoms. The van der Waals surface area contributed by atoms with Crippen LogP contribution in [0.25, 0.3) is 0 Å². The molecule has 0 N–H and O–H groups in total. The lowest BCUT2D eigenvalue weighted by Gasteiger charge is -2.59. The van der Waals surface area contributed by atoms with E-state index in [1.54, 1.807) is 0 Å². The van der Waals surface area contributed by atoms with Crippen LogP contribution in [0.4, 0.5) is 13.2 Å². The summed E-state index contributed by atoms with van der Waals surface area (Å²) in [7, 11) is 0. The molecule has 0 aromatic rings. The van der Waals surface area contributed by atoms with Gasteiger partial charge in [0.25, 0.3) is 0 Å². The van der Waals surface area contributed by atoms with E-state index in [1.807, 2.05) is 6.92 Å². The molecule has 3 unspecified atom stereocenters. The lowest BCUT2D eigenvalue weighted by Crippen LogP contribution is -2.59. The summed E-state index contributed by atoms with van der Waals surface area (Å²) in [4.78, 5) is 11.1. The molecule has 4 bridgehead atoms. The second-order valence-corrected chi connectivity index (χ2v) is 6.35. The number of carbonyl (C=O) groups is 1. The molecule has 0 aromatic heterocycles. The molecule has 2 nitrogen and oxygen atoms in total. The topological polar surface area (TPSA) is 26.3 Å². The second-order valence-electron chi connectivity index (χ2n) is 6.35. The molecule has 0 saturated heterocycles. The number of rotatable bonds is 1. The molecule has 4 aliphatic carbocycles. The summed E-state index contributed by atoms with van der Waals surface area (Å²) in [6.45, 7) is 1.95. The highest BCUT2D eigenvalue weighted by atomic mass is 19.4. The van der Waals surface area contributed by atoms with Crippen LogP contribution in [0, 0.1) is 23.7 Å². The van der Waals surface area contributed by atoms with Crippen LogP contribution in [-0.4, -0.2) is 17.7 Å². The molecule has 4 saturated carbocycles. The number of halogens is 3. The van der Waals surface area contributed by atoms with Crippen LogP contribution >= 0.6 is 0 Å². The van der Waals surface area contributed by atoms with Gasteiger partial charge >= 0.3 is 12.1 Å². The fourth-order valence-corrected chi connectivity index (χ4v) is 4.64. The van der Waals surface area contributed by atoms with Gasteiger partial charge in [0, 0.05) is 0 Å². The summed E-state index contributed by atoms with van der Waals surface area (Å²) in [5.74, 6) is -0.579. The monoisotopic (exact) mass is 262 g/mol. The van der Waals surface area contributed by atoms with Gasteiger partial charge in [-0.1, -0.05) is 6.92 Å². The normalized spacial score (nSPS) is 46.2. The maximum Gasteiger partial charge on any atom is 0.490 e. The van der Waals surface area contributed by atoms with Crippen LogP contribution in [0.5, 0.6) is 0 Å². The fourth-order valence-electron chi connectivity index (χ4n) is 4.64. The van der Waals surface area contributed by atoms with Gasteiger partial charge < -0.3 is 4.74 Å². The van der Waals surface area contributed by atoms with E-state index < -0.39 is 17.7 Å². The standard InChI is InChI=1S/C13H17F3O2/c1-7-10-3-8-2-9(4-10)6-12(7,5-8)18-11(17)13(14,15)16/h7-10H,2-6H2,1H3. The Morgan fingerprint density at radius 1 is 1.17 bits per heavy atom. The van der Waals surface area contributed by atoms with Gasteiger partial charge in [0.05, 0.1) is 0 Å². The van der Waals surface area contributed by atoms with Crippen molar-refractivity contribution < 1.29 is 22.7 Å². The first-order chi connectivity index (χ1) is 8.30. The molecule has 4 aliphatic rings. The van der Waals surface area contributed by atoms with Crippen molar-refractivity contribution >= 4 is 5.97 Å². The minimum Gasteiger partial charge on any atom is -0.452 e. The first-order valence-electron chi connectivity index (χ1n) is 6.60. The zero-order chi connectivity index (χ0) is 13.1. The smallest absolute Gasteiger partial charge is 0.452 e. The molecule has 4 rings (SSSR count). The van der Waals surface area contributed by atoms with E-state index in [2.05, 4.69) is 0 Å². The highest BCUT2D eigenvalue weighted by Crippen LogP contribution is 2.60. The predicted octanol–water partition coefficient (Wildman–Crippen LogP) is 3.31. The fraction of sp³-hybridized carbons (Fsp3) is 0.923. The van der Waals surface area contributed by atoms with Crippen molar-refractivity contribution in [1.29, 1.82) is 0 Å². The number of esters is 1. The van der Waals surface area contributed by atoms with E-state index in [4.69, 9.17) is 4.74 Å². The highest BCUT2D eigenvalue weighted by Gasteiger charge is 2.59. The summed E-state index contributed by atoms with van der Waals surface area (Å²) in [6, 6.07) is 0. The molecular weight excluding hydrogens is 245 g/mol. The highest BCUT2D eigenvalue weighted by molar-refractivity contribution is 5.76. The zero-order valence-electron chi connectivity index (χ0n) is 10.3. The average Bonchev–Trinajstić information content (AvgIpc) is 2.23. The quantitative estimate of drug-likeness (QED) is 0.678. The maximum absolute atomic E-state index is 12.4. The summed E-state index contributed by atoms with van der Waals surface area (Å²) in [6.07, 6.45) is -0.310. The van der Waals surface area contributed by atoms with E-state index in [-0.39, 0.29) is 5.92 Å². The third-order valence-corrected chi connectivity index (χ3v) is 5.27. The Morgan fingerprint density at radius 2 is 1.72 bits per heavy atom. The number of ether oxygens (including phenoxy) is 1. The van der Waals surface area contributed by atoms with E-state index >= 15 is 0 Å². The first-order valence-corrected chi connectivity index (χ1v) is 6.60. The molecule has 102 valence electrons. The Kier molecular flexibility index (Phi) is 2.49. The van der Waals surface area contributed by atoms with Crippen LogP contribution in [-0.2, 0) is 9.53 Å². The van der Waals surface area contributed by atoms with Gasteiger partial charge in [-0.2, -0.15) is 13.2 Å². The molecule has 18 heavy (non-hydrogen) atoms. The third-order valence-electron chi connectivity index (χ3n) is 5.27. The number of hydrogen-bond donors (Lipinski definition) is 0. The van der Waals surface area contributed by atoms with Crippen molar-refractivity contribution in [2.24, 2.45) is 23.7 Å². The maximum atomic E-state index is 12.4. The van der Waals surface area contributed by atoms with Gasteiger partial charge in [-0.3, -0.25) is 0 Å². The van der Waals surface area contributed by atoms with Gasteiger partial charge in [-0.05, 0) is 55.8 Å². The third kappa shape index (κ3) is 1.74. The summed E-state index contributed by atoms with van der Waals surface area (Å²) < 4.78 is 42.1. The van der Waals surface area contributed by atoms with Crippen molar-refractivity contribution in [2.75, 3.05) is 0 Å². The van der Waals surface area contributed by atoms with Crippen LogP contribution in [0.1, 0.15) is 39.0 Å². The number of alkyl halides is 3. The largest absolute Gasteiger partial charge is 0.490 e. The minimum absolute atomic E-state index is 0.0663. The van der Waals surface area contributed by atoms with Gasteiger partial charge in [0.15, 0.2) is 0 Å². The lowest BCUT2D eigenvalue weighted by molar-refractivity contribution is -0.241. The molecule has 0 aliphatic heterocycles. The Hall–Kier alpha value is -0.740. The molecule has 0 radical (unpaired) electrons. The van der Waals surface area contributed by atoms with Crippen LogP contribution < -0.4 is 0 Å². The predicted molar refractivity (Wildman–Crippen MR) is 57.6 cm³/mol. The Bertz CT molecular complexity index is 363. The number of hydrogen-bond acceptors (Lipinski definition) is 2. The Morgan fingerprint density at radius 3 is 2.22 bits per heavy atom. The summed E-state index contributed by atoms with van der Waals surface area (Å²) in [5.41, 5.74) is -0.832. The lowest BCUT2D eigenvalue weighted by atomic mass is 9.50. The number of carbonyl (C=O) groups excluding carboxylic acids is 1. The van der Waals surface area contributed by atoms with Gasteiger partial charge in [0.2, 0.25) is 0 Å². The molecule has 4 fully saturated rings. The van der Waals surface area contributed by atoms with E-state index in [9.17, 15) is 18.0 Å². The zero-order valence-corrected chi connectivity index (χ0v) is 10.3. The van der Waals surface area contributed by atoms with Gasteiger partial charge in [0.1, 0.15) is 5.60 Å². The van der Waals surface area contributed by atoms with Crippen molar-refractivity contribution in [3.8, 4) is 0 Å². The van der Waals surface area contributed by atoms with E-state index in [0.29, 0.717) is 30.6 Å². The van der Waals surface area contributed by atoms with Crippen molar-refractivity contribution in [2.45, 2.75) is 50.8 Å². The minimum atomic E-state index is -4.87. The molecule has 0 aromatic carbocycles. The summed E-state index contributed by atoms with van der Waals surface area (Å²) >= 11 is 0. The van der Waals surface area contributed by atoms with Gasteiger partial charge in [-0.25, -0.2) is 4.79 Å². The Balaban J connectivity index is 1.83. The molecule has 3 atom stereocenters. The summed E-state index contributed by atoms with van der Waals surface area (Å²) in [5, 5.41) is 0. The Labute approximate surface area is 104 Å². The average molecular weight is 262 g/mol. The van der Waals surface area contributed by atoms with Crippen molar-refractivity contribution in [3.63, 3.8) is 0 Å². The molecule has 0 amide bonds. The van der Waals surface area contributed by atoms with Crippen molar-refractivity contribution in [3.05, 3.63) is 0 Å². The molecule has 0 heterocycles. The molecular formula is C13H17F3O2. The van der Waals surface area contributed by atoms with Crippen LogP contribution in [0.3, 0.4) is 0 Å². The van der Waals surface area contributed by atoms with E-state index in [1.165, 1.54) is 0 Å². The second kappa shape index (κ2) is 3.64.